The van der Waals surface area contributed by atoms with Crippen LogP contribution in [-0.4, -0.2) is 26.6 Å². The Morgan fingerprint density at radius 2 is 2.09 bits per heavy atom. The molecule has 0 aliphatic heterocycles. The number of hydrogen-bond donors (Lipinski definition) is 3. The van der Waals surface area contributed by atoms with Gasteiger partial charge in [-0.2, -0.15) is 0 Å². The molecule has 0 spiro atoms. The molecule has 3 aromatic rings. The lowest BCUT2D eigenvalue weighted by Gasteiger charge is -2.02. The fraction of sp³-hybridized carbons (Fsp3) is 0.0769. The zero-order valence-corrected chi connectivity index (χ0v) is 11.9. The average Bonchev–Trinajstić information content (AvgIpc) is 2.87. The molecule has 9 heteroatoms. The number of H-pyrrole nitrogens is 2. The van der Waals surface area contributed by atoms with Crippen LogP contribution in [0.15, 0.2) is 49.6 Å². The number of aromatic nitrogens is 3. The van der Waals surface area contributed by atoms with Crippen LogP contribution in [0.25, 0.3) is 11.1 Å². The molecule has 112 valence electrons. The lowest BCUT2D eigenvalue weighted by molar-refractivity contribution is -0.113. The highest BCUT2D eigenvalue weighted by atomic mass is 32.2. The molecule has 2 aromatic heterocycles. The fourth-order valence-corrected chi connectivity index (χ4v) is 2.40. The Morgan fingerprint density at radius 1 is 1.27 bits per heavy atom. The molecule has 8 nitrogen and oxygen atoms in total. The maximum Gasteiger partial charge on any atom is 0.327 e. The van der Waals surface area contributed by atoms with Crippen LogP contribution in [0.3, 0.4) is 0 Å². The predicted molar refractivity (Wildman–Crippen MR) is 81.0 cm³/mol. The molecule has 0 aliphatic carbocycles. The number of carbonyl (C=O) groups is 1. The first-order valence-corrected chi connectivity index (χ1v) is 7.20. The predicted octanol–water partition coefficient (Wildman–Crippen LogP) is 0.935. The number of nitrogens with one attached hydrogen (secondary N) is 3. The maximum atomic E-state index is 11.8. The molecular formula is C13H10N4O4S. The molecule has 1 amide bonds. The van der Waals surface area contributed by atoms with Crippen LogP contribution in [0.4, 0.5) is 5.82 Å². The summed E-state index contributed by atoms with van der Waals surface area (Å²) in [6, 6.07) is 8.36. The van der Waals surface area contributed by atoms with E-state index in [1.54, 1.807) is 6.07 Å². The van der Waals surface area contributed by atoms with Crippen molar-refractivity contribution in [2.75, 3.05) is 11.1 Å². The van der Waals surface area contributed by atoms with Gasteiger partial charge in [0.05, 0.1) is 5.75 Å². The van der Waals surface area contributed by atoms with E-state index in [1.165, 1.54) is 0 Å². The molecule has 1 aromatic carbocycles. The minimum absolute atomic E-state index is 0.0294. The van der Waals surface area contributed by atoms with Gasteiger partial charge in [-0.3, -0.25) is 19.6 Å². The van der Waals surface area contributed by atoms with Gasteiger partial charge >= 0.3 is 5.69 Å². The van der Waals surface area contributed by atoms with Crippen LogP contribution in [-0.2, 0) is 4.79 Å². The van der Waals surface area contributed by atoms with Gasteiger partial charge in [0, 0.05) is 6.07 Å². The third-order valence-electron chi connectivity index (χ3n) is 2.64. The van der Waals surface area contributed by atoms with Crippen LogP contribution < -0.4 is 16.6 Å². The second-order valence-corrected chi connectivity index (χ2v) is 5.21. The number of nitrogens with zero attached hydrogens (tertiary/aromatic N) is 1. The van der Waals surface area contributed by atoms with Crippen LogP contribution in [0.1, 0.15) is 0 Å². The standard InChI is InChI=1S/C13H10N4O4S/c18-10-5-9(16-12(20)17-10)15-11(19)6-22-13-14-7-3-1-2-4-8(7)21-13/h1-5H,6H2,(H3,15,16,17,18,19,20). The summed E-state index contributed by atoms with van der Waals surface area (Å²) in [4.78, 5) is 42.5. The minimum Gasteiger partial charge on any atom is -0.431 e. The topological polar surface area (TPSA) is 121 Å². The Balaban J connectivity index is 1.64. The summed E-state index contributed by atoms with van der Waals surface area (Å²) < 4.78 is 5.47. The first kappa shape index (κ1) is 14.1. The Kier molecular flexibility index (Phi) is 3.79. The monoisotopic (exact) mass is 318 g/mol. The van der Waals surface area contributed by atoms with Crippen molar-refractivity contribution in [1.82, 2.24) is 15.0 Å². The molecule has 0 atom stereocenters. The van der Waals surface area contributed by atoms with Crippen molar-refractivity contribution in [3.63, 3.8) is 0 Å². The van der Waals surface area contributed by atoms with Gasteiger partial charge in [0.2, 0.25) is 5.91 Å². The highest BCUT2D eigenvalue weighted by Crippen LogP contribution is 2.22. The molecule has 3 N–H and O–H groups in total. The van der Waals surface area contributed by atoms with Crippen molar-refractivity contribution in [3.8, 4) is 0 Å². The van der Waals surface area contributed by atoms with Gasteiger partial charge in [0.25, 0.3) is 10.8 Å². The Hall–Kier alpha value is -2.81. The second kappa shape index (κ2) is 5.90. The highest BCUT2D eigenvalue weighted by Gasteiger charge is 2.09. The minimum atomic E-state index is -0.686. The van der Waals surface area contributed by atoms with Gasteiger partial charge in [-0.15, -0.1) is 0 Å². The largest absolute Gasteiger partial charge is 0.431 e. The number of aromatic amines is 2. The number of fused-ring (bicyclic) bond motifs is 1. The molecule has 2 heterocycles. The van der Waals surface area contributed by atoms with Crippen LogP contribution in [0.2, 0.25) is 0 Å². The summed E-state index contributed by atoms with van der Waals surface area (Å²) >= 11 is 1.11. The summed E-state index contributed by atoms with van der Waals surface area (Å²) in [5, 5.41) is 2.79. The summed E-state index contributed by atoms with van der Waals surface area (Å²) in [6.07, 6.45) is 0. The first-order chi connectivity index (χ1) is 10.6. The van der Waals surface area contributed by atoms with Crippen molar-refractivity contribution < 1.29 is 9.21 Å². The van der Waals surface area contributed by atoms with Gasteiger partial charge in [-0.25, -0.2) is 9.78 Å². The van der Waals surface area contributed by atoms with E-state index in [-0.39, 0.29) is 11.6 Å². The SMILES string of the molecule is O=C(CSc1nc2ccccc2o1)Nc1cc(=O)[nH]c(=O)[nH]1. The fourth-order valence-electron chi connectivity index (χ4n) is 1.76. The number of rotatable bonds is 4. The van der Waals surface area contributed by atoms with Crippen LogP contribution in [0, 0.1) is 0 Å². The van der Waals surface area contributed by atoms with E-state index < -0.39 is 17.2 Å². The number of oxazole rings is 1. The molecule has 0 unspecified atom stereocenters. The second-order valence-electron chi connectivity index (χ2n) is 4.29. The van der Waals surface area contributed by atoms with Gasteiger partial charge in [0.15, 0.2) is 5.58 Å². The van der Waals surface area contributed by atoms with E-state index in [2.05, 4.69) is 15.3 Å². The molecule has 0 bridgehead atoms. The number of carbonyl (C=O) groups excluding carboxylic acids is 1. The number of thioether (sulfide) groups is 1. The number of anilines is 1. The number of hydrogen-bond acceptors (Lipinski definition) is 6. The third-order valence-corrected chi connectivity index (χ3v) is 3.46. The highest BCUT2D eigenvalue weighted by molar-refractivity contribution is 7.99. The Bertz CT molecular complexity index is 881. The summed E-state index contributed by atoms with van der Waals surface area (Å²) in [6.45, 7) is 0. The zero-order valence-electron chi connectivity index (χ0n) is 11.1. The van der Waals surface area contributed by atoms with E-state index in [9.17, 15) is 14.4 Å². The molecule has 3 rings (SSSR count). The van der Waals surface area contributed by atoms with Crippen LogP contribution >= 0.6 is 11.8 Å². The van der Waals surface area contributed by atoms with Crippen molar-refractivity contribution in [1.29, 1.82) is 0 Å². The van der Waals surface area contributed by atoms with E-state index >= 15 is 0 Å². The summed E-state index contributed by atoms with van der Waals surface area (Å²) in [7, 11) is 0. The quantitative estimate of drug-likeness (QED) is 0.615. The van der Waals surface area contributed by atoms with Crippen molar-refractivity contribution in [2.45, 2.75) is 5.22 Å². The number of amides is 1. The molecule has 0 saturated carbocycles. The van der Waals surface area contributed by atoms with Crippen molar-refractivity contribution >= 4 is 34.6 Å². The van der Waals surface area contributed by atoms with E-state index in [0.29, 0.717) is 16.3 Å². The smallest absolute Gasteiger partial charge is 0.327 e. The Morgan fingerprint density at radius 3 is 2.86 bits per heavy atom. The first-order valence-electron chi connectivity index (χ1n) is 6.22. The summed E-state index contributed by atoms with van der Waals surface area (Å²) in [5.41, 5.74) is 0.0775. The van der Waals surface area contributed by atoms with Gasteiger partial charge in [-0.1, -0.05) is 23.9 Å². The molecule has 22 heavy (non-hydrogen) atoms. The van der Waals surface area contributed by atoms with Crippen LogP contribution in [0.5, 0.6) is 0 Å². The number of benzene rings is 1. The van der Waals surface area contributed by atoms with Crippen molar-refractivity contribution in [2.24, 2.45) is 0 Å². The summed E-state index contributed by atoms with van der Waals surface area (Å²) in [5.74, 6) is -0.327. The lowest BCUT2D eigenvalue weighted by Crippen LogP contribution is -2.25. The van der Waals surface area contributed by atoms with Gasteiger partial charge < -0.3 is 9.73 Å². The molecule has 0 radical (unpaired) electrons. The normalized spacial score (nSPS) is 10.7. The average molecular weight is 318 g/mol. The Labute approximate surface area is 127 Å². The number of para-hydroxylation sites is 2. The van der Waals surface area contributed by atoms with E-state index in [1.807, 2.05) is 23.2 Å². The lowest BCUT2D eigenvalue weighted by atomic mass is 10.3. The third kappa shape index (κ3) is 3.26. The molecular weight excluding hydrogens is 308 g/mol. The van der Waals surface area contributed by atoms with Gasteiger partial charge in [-0.05, 0) is 12.1 Å². The zero-order chi connectivity index (χ0) is 15.5. The van der Waals surface area contributed by atoms with E-state index in [4.69, 9.17) is 4.42 Å². The molecule has 0 fully saturated rings. The maximum absolute atomic E-state index is 11.8. The molecule has 0 aliphatic rings. The van der Waals surface area contributed by atoms with Crippen molar-refractivity contribution in [3.05, 3.63) is 51.2 Å². The van der Waals surface area contributed by atoms with Gasteiger partial charge in [0.1, 0.15) is 11.3 Å². The van der Waals surface area contributed by atoms with E-state index in [0.717, 1.165) is 17.8 Å². The molecule has 0 saturated heterocycles.